The summed E-state index contributed by atoms with van der Waals surface area (Å²) in [6.07, 6.45) is 0.828. The molecule has 150 valence electrons. The van der Waals surface area contributed by atoms with Crippen molar-refractivity contribution in [1.82, 2.24) is 15.5 Å². The monoisotopic (exact) mass is 411 g/mol. The summed E-state index contributed by atoms with van der Waals surface area (Å²) < 4.78 is 0. The van der Waals surface area contributed by atoms with Crippen molar-refractivity contribution in [3.05, 3.63) is 70.2 Å². The van der Waals surface area contributed by atoms with Gasteiger partial charge in [-0.2, -0.15) is 0 Å². The third-order valence-electron chi connectivity index (χ3n) is 5.50. The van der Waals surface area contributed by atoms with Crippen molar-refractivity contribution in [2.75, 3.05) is 6.54 Å². The first-order valence-corrected chi connectivity index (χ1v) is 10.0. The summed E-state index contributed by atoms with van der Waals surface area (Å²) >= 11 is 5.91. The van der Waals surface area contributed by atoms with Gasteiger partial charge in [0.15, 0.2) is 0 Å². The number of hydrogen-bond donors (Lipinski definition) is 2. The Morgan fingerprint density at radius 3 is 2.52 bits per heavy atom. The summed E-state index contributed by atoms with van der Waals surface area (Å²) in [7, 11) is 0. The molecule has 0 radical (unpaired) electrons. The highest BCUT2D eigenvalue weighted by Gasteiger charge is 2.46. The van der Waals surface area contributed by atoms with E-state index in [2.05, 4.69) is 10.6 Å². The molecule has 3 atom stereocenters. The summed E-state index contributed by atoms with van der Waals surface area (Å²) in [5.74, 6) is -0.479. The predicted molar refractivity (Wildman–Crippen MR) is 110 cm³/mol. The minimum atomic E-state index is -0.605. The molecule has 2 N–H and O–H groups in total. The van der Waals surface area contributed by atoms with E-state index in [-0.39, 0.29) is 23.8 Å². The number of piperazine rings is 1. The molecule has 2 aliphatic heterocycles. The number of amides is 3. The number of rotatable bonds is 4. The number of aryl methyl sites for hydroxylation is 1. The van der Waals surface area contributed by atoms with E-state index >= 15 is 0 Å². The number of nitrogens with one attached hydrogen (secondary N) is 2. The molecule has 0 bridgehead atoms. The van der Waals surface area contributed by atoms with Gasteiger partial charge in [0.25, 0.3) is 5.91 Å². The van der Waals surface area contributed by atoms with Crippen molar-refractivity contribution in [3.8, 4) is 0 Å². The Balaban J connectivity index is 1.42. The molecule has 0 aromatic heterocycles. The Labute approximate surface area is 174 Å². The third-order valence-corrected chi connectivity index (χ3v) is 5.76. The van der Waals surface area contributed by atoms with E-state index in [0.29, 0.717) is 30.0 Å². The summed E-state index contributed by atoms with van der Waals surface area (Å²) in [6, 6.07) is 13.1. The van der Waals surface area contributed by atoms with E-state index < -0.39 is 12.1 Å². The van der Waals surface area contributed by atoms with Crippen molar-refractivity contribution in [2.45, 2.75) is 37.9 Å². The average molecular weight is 412 g/mol. The first kappa shape index (κ1) is 19.5. The molecule has 0 unspecified atom stereocenters. The zero-order chi connectivity index (χ0) is 20.5. The number of carbonyl (C=O) groups excluding carboxylic acids is 3. The fraction of sp³-hybridized carbons (Fsp3) is 0.318. The van der Waals surface area contributed by atoms with Gasteiger partial charge in [0.2, 0.25) is 11.8 Å². The minimum Gasteiger partial charge on any atom is -0.347 e. The van der Waals surface area contributed by atoms with Crippen LogP contribution in [0.2, 0.25) is 5.02 Å². The molecule has 3 amide bonds. The van der Waals surface area contributed by atoms with Crippen LogP contribution in [0, 0.1) is 6.92 Å². The van der Waals surface area contributed by atoms with Crippen LogP contribution in [-0.2, 0) is 16.0 Å². The highest BCUT2D eigenvalue weighted by molar-refractivity contribution is 6.30. The molecule has 0 saturated carbocycles. The molecule has 0 aliphatic carbocycles. The minimum absolute atomic E-state index is 0.114. The van der Waals surface area contributed by atoms with Gasteiger partial charge in [0, 0.05) is 29.6 Å². The maximum Gasteiger partial charge on any atom is 0.251 e. The second kappa shape index (κ2) is 7.87. The van der Waals surface area contributed by atoms with Crippen LogP contribution in [0.5, 0.6) is 0 Å². The molecule has 2 saturated heterocycles. The van der Waals surface area contributed by atoms with Crippen molar-refractivity contribution in [1.29, 1.82) is 0 Å². The summed E-state index contributed by atoms with van der Waals surface area (Å²) in [5, 5.41) is 6.42. The molecular formula is C22H22ClN3O3. The topological polar surface area (TPSA) is 78.5 Å². The second-order valence-electron chi connectivity index (χ2n) is 7.67. The first-order chi connectivity index (χ1) is 13.9. The molecule has 29 heavy (non-hydrogen) atoms. The van der Waals surface area contributed by atoms with E-state index in [9.17, 15) is 14.4 Å². The maximum atomic E-state index is 12.9. The quantitative estimate of drug-likeness (QED) is 0.808. The Hall–Kier alpha value is -2.86. The highest BCUT2D eigenvalue weighted by atomic mass is 35.5. The largest absolute Gasteiger partial charge is 0.347 e. The Bertz CT molecular complexity index is 943. The van der Waals surface area contributed by atoms with Crippen LogP contribution in [0.4, 0.5) is 0 Å². The molecule has 2 fully saturated rings. The van der Waals surface area contributed by atoms with E-state index in [1.54, 1.807) is 29.2 Å². The predicted octanol–water partition coefficient (Wildman–Crippen LogP) is 2.09. The lowest BCUT2D eigenvalue weighted by atomic mass is 10.0. The number of nitrogens with zero attached hydrogens (tertiary/aromatic N) is 1. The Morgan fingerprint density at radius 2 is 1.83 bits per heavy atom. The number of halogens is 1. The molecule has 7 heteroatoms. The average Bonchev–Trinajstić information content (AvgIpc) is 3.13. The van der Waals surface area contributed by atoms with E-state index in [1.807, 2.05) is 31.2 Å². The van der Waals surface area contributed by atoms with Crippen LogP contribution in [0.3, 0.4) is 0 Å². The lowest BCUT2D eigenvalue weighted by molar-refractivity contribution is -0.147. The lowest BCUT2D eigenvalue weighted by Gasteiger charge is -2.34. The van der Waals surface area contributed by atoms with Crippen LogP contribution in [0.25, 0.3) is 0 Å². The van der Waals surface area contributed by atoms with Gasteiger partial charge in [-0.25, -0.2) is 0 Å². The van der Waals surface area contributed by atoms with Crippen LogP contribution < -0.4 is 10.6 Å². The van der Waals surface area contributed by atoms with Gasteiger partial charge in [-0.1, -0.05) is 41.4 Å². The molecule has 2 aromatic carbocycles. The van der Waals surface area contributed by atoms with Crippen molar-refractivity contribution < 1.29 is 14.4 Å². The molecule has 6 nitrogen and oxygen atoms in total. The van der Waals surface area contributed by atoms with E-state index in [4.69, 9.17) is 11.6 Å². The summed E-state index contributed by atoms with van der Waals surface area (Å²) in [6.45, 7) is 2.30. The van der Waals surface area contributed by atoms with Crippen LogP contribution in [0.15, 0.2) is 48.5 Å². The number of benzene rings is 2. The van der Waals surface area contributed by atoms with Gasteiger partial charge >= 0.3 is 0 Å². The first-order valence-electron chi connectivity index (χ1n) is 9.63. The number of hydrogen-bond acceptors (Lipinski definition) is 3. The van der Waals surface area contributed by atoms with Crippen LogP contribution in [0.1, 0.15) is 27.9 Å². The molecule has 2 heterocycles. The van der Waals surface area contributed by atoms with Gasteiger partial charge in [0.1, 0.15) is 12.1 Å². The van der Waals surface area contributed by atoms with Crippen molar-refractivity contribution >= 4 is 29.3 Å². The second-order valence-corrected chi connectivity index (χ2v) is 8.11. The molecule has 2 aliphatic rings. The van der Waals surface area contributed by atoms with Crippen LogP contribution in [-0.4, -0.2) is 47.3 Å². The Morgan fingerprint density at radius 1 is 1.14 bits per heavy atom. The van der Waals surface area contributed by atoms with Crippen LogP contribution >= 0.6 is 11.6 Å². The van der Waals surface area contributed by atoms with E-state index in [0.717, 1.165) is 11.1 Å². The van der Waals surface area contributed by atoms with Gasteiger partial charge in [-0.15, -0.1) is 0 Å². The normalized spacial score (nSPS) is 23.5. The van der Waals surface area contributed by atoms with Gasteiger partial charge in [-0.05, 0) is 43.2 Å². The fourth-order valence-electron chi connectivity index (χ4n) is 3.93. The summed E-state index contributed by atoms with van der Waals surface area (Å²) in [4.78, 5) is 39.6. The van der Waals surface area contributed by atoms with E-state index in [1.165, 1.54) is 0 Å². The van der Waals surface area contributed by atoms with Gasteiger partial charge < -0.3 is 15.5 Å². The highest BCUT2D eigenvalue weighted by Crippen LogP contribution is 2.24. The Kier molecular flexibility index (Phi) is 5.28. The van der Waals surface area contributed by atoms with Gasteiger partial charge in [0.05, 0.1) is 0 Å². The smallest absolute Gasteiger partial charge is 0.251 e. The SMILES string of the molecule is Cc1ccc(C(=O)N[C@H]2C[C@H]3C(=O)N[C@@H](Cc4ccc(Cl)cc4)C(=O)N3C2)cc1. The number of carbonyl (C=O) groups is 3. The summed E-state index contributed by atoms with van der Waals surface area (Å²) in [5.41, 5.74) is 2.57. The van der Waals surface area contributed by atoms with Gasteiger partial charge in [-0.3, -0.25) is 14.4 Å². The standard InChI is InChI=1S/C22H22ClN3O3/c1-13-2-6-15(7-3-13)20(27)24-17-11-19-21(28)25-18(22(29)26(19)12-17)10-14-4-8-16(23)9-5-14/h2-9,17-19H,10-12H2,1H3,(H,24,27)(H,25,28)/t17-,18-,19-/m0/s1. The van der Waals surface area contributed by atoms with Crippen molar-refractivity contribution in [2.24, 2.45) is 0 Å². The molecule has 2 aromatic rings. The third kappa shape index (κ3) is 4.12. The molecule has 0 spiro atoms. The zero-order valence-corrected chi connectivity index (χ0v) is 16.8. The number of fused-ring (bicyclic) bond motifs is 1. The lowest BCUT2D eigenvalue weighted by Crippen LogP contribution is -2.61. The zero-order valence-electron chi connectivity index (χ0n) is 16.0. The molecular weight excluding hydrogens is 390 g/mol. The maximum absolute atomic E-state index is 12.9. The molecule has 4 rings (SSSR count). The van der Waals surface area contributed by atoms with Crippen molar-refractivity contribution in [3.63, 3.8) is 0 Å². The fourth-order valence-corrected chi connectivity index (χ4v) is 4.06.